The fourth-order valence-corrected chi connectivity index (χ4v) is 6.86. The van der Waals surface area contributed by atoms with Crippen molar-refractivity contribution in [2.24, 2.45) is 9.98 Å². The molecule has 0 saturated carbocycles. The van der Waals surface area contributed by atoms with Crippen molar-refractivity contribution >= 4 is 23.6 Å². The first-order valence-corrected chi connectivity index (χ1v) is 14.6. The van der Waals surface area contributed by atoms with Crippen LogP contribution in [0.3, 0.4) is 0 Å². The van der Waals surface area contributed by atoms with Gasteiger partial charge in [0.25, 0.3) is 0 Å². The summed E-state index contributed by atoms with van der Waals surface area (Å²) in [6.45, 7) is 17.8. The molecule has 0 saturated heterocycles. The summed E-state index contributed by atoms with van der Waals surface area (Å²) in [6, 6.07) is 0. The van der Waals surface area contributed by atoms with Crippen molar-refractivity contribution in [2.45, 2.75) is 107 Å². The lowest BCUT2D eigenvalue weighted by molar-refractivity contribution is 0.698. The van der Waals surface area contributed by atoms with Gasteiger partial charge < -0.3 is 9.97 Å². The highest BCUT2D eigenvalue weighted by atomic mass is 14.9. The van der Waals surface area contributed by atoms with Crippen LogP contribution in [0.25, 0.3) is 12.2 Å². The van der Waals surface area contributed by atoms with E-state index in [1.807, 2.05) is 0 Å². The lowest BCUT2D eigenvalue weighted by Gasteiger charge is -2.15. The number of hydrogen-bond donors (Lipinski definition) is 2. The van der Waals surface area contributed by atoms with Crippen LogP contribution in [0, 0.1) is 27.7 Å². The zero-order valence-corrected chi connectivity index (χ0v) is 24.7. The summed E-state index contributed by atoms with van der Waals surface area (Å²) >= 11 is 0. The Morgan fingerprint density at radius 2 is 1.18 bits per heavy atom. The van der Waals surface area contributed by atoms with E-state index < -0.39 is 0 Å². The van der Waals surface area contributed by atoms with Gasteiger partial charge in [-0.2, -0.15) is 0 Å². The largest absolute Gasteiger partial charge is 0.359 e. The lowest BCUT2D eigenvalue weighted by Crippen LogP contribution is -2.11. The van der Waals surface area contributed by atoms with Gasteiger partial charge in [0.05, 0.1) is 22.8 Å². The monoisotopic (exact) mass is 508 g/mol. The fraction of sp³-hybridized carbons (Fsp3) is 0.471. The molecule has 4 heteroatoms. The normalized spacial score (nSPS) is 19.8. The van der Waals surface area contributed by atoms with Crippen LogP contribution in [0.1, 0.15) is 111 Å². The molecule has 4 nitrogen and oxygen atoms in total. The summed E-state index contributed by atoms with van der Waals surface area (Å²) in [5.41, 5.74) is 20.9. The maximum Gasteiger partial charge on any atom is 0.0689 e. The number of H-pyrrole nitrogens is 2. The van der Waals surface area contributed by atoms with Crippen LogP contribution in [-0.4, -0.2) is 21.4 Å². The Kier molecular flexibility index (Phi) is 7.35. The third-order valence-corrected chi connectivity index (χ3v) is 9.05. The number of nitrogens with zero attached hydrogens (tertiary/aromatic N) is 2. The van der Waals surface area contributed by atoms with Crippen LogP contribution in [0.4, 0.5) is 0 Å². The van der Waals surface area contributed by atoms with E-state index in [1.54, 1.807) is 0 Å². The molecule has 5 rings (SSSR count). The molecule has 0 bridgehead atoms. The second kappa shape index (κ2) is 10.6. The van der Waals surface area contributed by atoms with Crippen LogP contribution in [-0.2, 0) is 12.8 Å². The molecule has 3 aliphatic rings. The topological polar surface area (TPSA) is 56.3 Å². The summed E-state index contributed by atoms with van der Waals surface area (Å²) in [5, 5.41) is 0. The predicted molar refractivity (Wildman–Crippen MR) is 163 cm³/mol. The minimum Gasteiger partial charge on any atom is -0.359 e. The minimum atomic E-state index is 0.814. The molecule has 0 atom stereocenters. The molecule has 2 aromatic heterocycles. The highest BCUT2D eigenvalue weighted by Gasteiger charge is 2.29. The lowest BCUT2D eigenvalue weighted by atomic mass is 9.87. The molecule has 38 heavy (non-hydrogen) atoms. The fourth-order valence-electron chi connectivity index (χ4n) is 6.86. The third kappa shape index (κ3) is 4.52. The van der Waals surface area contributed by atoms with Gasteiger partial charge in [-0.25, -0.2) is 0 Å². The summed E-state index contributed by atoms with van der Waals surface area (Å²) in [4.78, 5) is 17.8. The average molecular weight is 509 g/mol. The van der Waals surface area contributed by atoms with Crippen molar-refractivity contribution in [1.29, 1.82) is 0 Å². The summed E-state index contributed by atoms with van der Waals surface area (Å²) in [5.74, 6) is 0. The molecular formula is C34H44N4. The quantitative estimate of drug-likeness (QED) is 0.375. The van der Waals surface area contributed by atoms with E-state index in [0.29, 0.717) is 0 Å². The highest BCUT2D eigenvalue weighted by Crippen LogP contribution is 2.40. The number of rotatable bonds is 7. The van der Waals surface area contributed by atoms with Crippen molar-refractivity contribution < 1.29 is 0 Å². The molecule has 0 spiro atoms. The molecule has 0 aromatic carbocycles. The van der Waals surface area contributed by atoms with E-state index in [1.165, 1.54) is 91.6 Å². The second-order valence-electron chi connectivity index (χ2n) is 11.2. The summed E-state index contributed by atoms with van der Waals surface area (Å²) in [7, 11) is 0. The number of allylic oxidation sites excluding steroid dienone is 4. The van der Waals surface area contributed by atoms with Gasteiger partial charge >= 0.3 is 0 Å². The van der Waals surface area contributed by atoms with E-state index in [4.69, 9.17) is 9.98 Å². The van der Waals surface area contributed by atoms with Gasteiger partial charge in [-0.3, -0.25) is 9.98 Å². The van der Waals surface area contributed by atoms with E-state index in [9.17, 15) is 0 Å². The van der Waals surface area contributed by atoms with Crippen LogP contribution in [0.5, 0.6) is 0 Å². The first kappa shape index (κ1) is 26.5. The molecule has 2 aliphatic heterocycles. The number of nitrogens with one attached hydrogen (secondary N) is 2. The van der Waals surface area contributed by atoms with E-state index in [2.05, 4.69) is 77.5 Å². The van der Waals surface area contributed by atoms with Crippen molar-refractivity contribution in [3.8, 4) is 0 Å². The van der Waals surface area contributed by atoms with Gasteiger partial charge in [0.1, 0.15) is 0 Å². The SMILES string of the molecule is CCC1=C(C)C(CC2=N/C(=C\c3[nH]c(C)c(CC)c3C)C3=C2CCCC3)=N/C1=C\c1[nH]c(C)c(CC)c1C. The second-order valence-corrected chi connectivity index (χ2v) is 11.2. The van der Waals surface area contributed by atoms with Crippen molar-refractivity contribution in [2.75, 3.05) is 0 Å². The zero-order chi connectivity index (χ0) is 27.1. The average Bonchev–Trinajstić information content (AvgIpc) is 3.57. The van der Waals surface area contributed by atoms with Gasteiger partial charge in [-0.1, -0.05) is 20.8 Å². The minimum absolute atomic E-state index is 0.814. The number of aromatic nitrogens is 2. The highest BCUT2D eigenvalue weighted by molar-refractivity contribution is 6.21. The Morgan fingerprint density at radius 1 is 0.658 bits per heavy atom. The Bertz CT molecular complexity index is 1470. The Labute approximate surface area is 228 Å². The number of aliphatic imine (C=N–C) groups is 2. The van der Waals surface area contributed by atoms with Gasteiger partial charge in [0, 0.05) is 29.2 Å². The van der Waals surface area contributed by atoms with E-state index in [-0.39, 0.29) is 0 Å². The van der Waals surface area contributed by atoms with Gasteiger partial charge in [-0.05, 0) is 136 Å². The molecule has 0 amide bonds. The van der Waals surface area contributed by atoms with Crippen LogP contribution >= 0.6 is 0 Å². The molecule has 1 aliphatic carbocycles. The maximum atomic E-state index is 5.29. The van der Waals surface area contributed by atoms with E-state index in [0.717, 1.165) is 49.9 Å². The Morgan fingerprint density at radius 3 is 1.71 bits per heavy atom. The van der Waals surface area contributed by atoms with Gasteiger partial charge in [0.2, 0.25) is 0 Å². The summed E-state index contributed by atoms with van der Waals surface area (Å²) < 4.78 is 0. The standard InChI is InChI=1S/C34H44N4/c1-9-24-19(4)29(35-22(24)7)16-32-26(11-3)21(6)31(37-32)18-34-28-15-13-12-14-27(28)33(38-34)17-30-20(5)25(10-2)23(8)36-30/h16-17,35-36H,9-15,18H2,1-8H3/b32-16-,33-17-. The molecule has 200 valence electrons. The van der Waals surface area contributed by atoms with Gasteiger partial charge in [-0.15, -0.1) is 0 Å². The molecule has 0 radical (unpaired) electrons. The first-order chi connectivity index (χ1) is 18.3. The maximum absolute atomic E-state index is 5.29. The smallest absolute Gasteiger partial charge is 0.0689 e. The zero-order valence-electron chi connectivity index (χ0n) is 24.7. The van der Waals surface area contributed by atoms with Crippen molar-refractivity contribution in [1.82, 2.24) is 9.97 Å². The van der Waals surface area contributed by atoms with Crippen molar-refractivity contribution in [3.63, 3.8) is 0 Å². The number of hydrogen-bond acceptors (Lipinski definition) is 2. The molecule has 2 N–H and O–H groups in total. The molecular weight excluding hydrogens is 464 g/mol. The van der Waals surface area contributed by atoms with Crippen LogP contribution in [0.2, 0.25) is 0 Å². The summed E-state index contributed by atoms with van der Waals surface area (Å²) in [6.07, 6.45) is 13.3. The number of aryl methyl sites for hydroxylation is 2. The van der Waals surface area contributed by atoms with E-state index >= 15 is 0 Å². The molecule has 0 unspecified atom stereocenters. The first-order valence-electron chi connectivity index (χ1n) is 14.6. The van der Waals surface area contributed by atoms with Crippen LogP contribution < -0.4 is 0 Å². The number of aromatic amines is 2. The molecule has 2 aromatic rings. The molecule has 0 fully saturated rings. The van der Waals surface area contributed by atoms with Gasteiger partial charge in [0.15, 0.2) is 0 Å². The van der Waals surface area contributed by atoms with Crippen molar-refractivity contribution in [3.05, 3.63) is 78.7 Å². The Balaban J connectivity index is 1.51. The Hall–Kier alpha value is -3.14. The predicted octanol–water partition coefficient (Wildman–Crippen LogP) is 8.98. The van der Waals surface area contributed by atoms with Crippen LogP contribution in [0.15, 0.2) is 43.7 Å². The molecule has 4 heterocycles. The third-order valence-electron chi connectivity index (χ3n) is 9.05.